The summed E-state index contributed by atoms with van der Waals surface area (Å²) in [5.41, 5.74) is 0.352. The number of benzene rings is 1. The highest BCUT2D eigenvalue weighted by atomic mass is 32.2. The van der Waals surface area contributed by atoms with Crippen molar-refractivity contribution in [3.63, 3.8) is 0 Å². The number of aliphatic hydroxyl groups excluding tert-OH is 1. The summed E-state index contributed by atoms with van der Waals surface area (Å²) in [7, 11) is -3.80. The molecule has 3 rings (SSSR count). The van der Waals surface area contributed by atoms with Crippen LogP contribution in [0.15, 0.2) is 33.6 Å². The highest BCUT2D eigenvalue weighted by molar-refractivity contribution is 7.92. The van der Waals surface area contributed by atoms with Crippen LogP contribution in [0.4, 0.5) is 5.69 Å². The molecule has 21 heavy (non-hydrogen) atoms. The maximum absolute atomic E-state index is 12.3. The van der Waals surface area contributed by atoms with Crippen molar-refractivity contribution in [3.8, 4) is 11.5 Å². The molecule has 1 aliphatic rings. The minimum atomic E-state index is -3.80. The number of fused-ring (bicyclic) bond motifs is 1. The number of anilines is 1. The van der Waals surface area contributed by atoms with E-state index in [0.717, 1.165) is 0 Å². The number of rotatable bonds is 4. The smallest absolute Gasteiger partial charge is 0.265 e. The number of ether oxygens (including phenoxy) is 2. The first-order chi connectivity index (χ1) is 9.99. The molecule has 1 aromatic carbocycles. The first-order valence-electron chi connectivity index (χ1n) is 6.12. The van der Waals surface area contributed by atoms with Gasteiger partial charge in [0, 0.05) is 12.1 Å². The Labute approximate surface area is 121 Å². The Balaban J connectivity index is 1.90. The molecule has 1 aromatic heterocycles. The summed E-state index contributed by atoms with van der Waals surface area (Å²) >= 11 is 0. The van der Waals surface area contributed by atoms with E-state index < -0.39 is 10.0 Å². The monoisotopic (exact) mass is 311 g/mol. The SMILES string of the molecule is Cc1oc(CO)cc1S(=O)(=O)Nc1ccc2c(c1)OCO2. The van der Waals surface area contributed by atoms with Crippen molar-refractivity contribution in [2.24, 2.45) is 0 Å². The van der Waals surface area contributed by atoms with E-state index in [1.54, 1.807) is 18.2 Å². The van der Waals surface area contributed by atoms with Crippen LogP contribution in [0.2, 0.25) is 0 Å². The van der Waals surface area contributed by atoms with Crippen molar-refractivity contribution in [1.82, 2.24) is 0 Å². The van der Waals surface area contributed by atoms with Gasteiger partial charge in [-0.1, -0.05) is 0 Å². The van der Waals surface area contributed by atoms with Crippen LogP contribution in [0.3, 0.4) is 0 Å². The molecular formula is C13H13NO6S. The average molecular weight is 311 g/mol. The molecular weight excluding hydrogens is 298 g/mol. The summed E-state index contributed by atoms with van der Waals surface area (Å²) in [6.07, 6.45) is 0. The summed E-state index contributed by atoms with van der Waals surface area (Å²) in [5.74, 6) is 1.46. The van der Waals surface area contributed by atoms with Gasteiger partial charge in [-0.15, -0.1) is 0 Å². The zero-order valence-electron chi connectivity index (χ0n) is 11.1. The van der Waals surface area contributed by atoms with Gasteiger partial charge in [0.25, 0.3) is 10.0 Å². The van der Waals surface area contributed by atoms with Crippen LogP contribution in [0.1, 0.15) is 11.5 Å². The van der Waals surface area contributed by atoms with Crippen LogP contribution in [0, 0.1) is 6.92 Å². The molecule has 0 saturated heterocycles. The molecule has 0 aliphatic carbocycles. The third kappa shape index (κ3) is 2.55. The molecule has 0 saturated carbocycles. The Kier molecular flexibility index (Phi) is 3.26. The molecule has 112 valence electrons. The van der Waals surface area contributed by atoms with Crippen molar-refractivity contribution >= 4 is 15.7 Å². The van der Waals surface area contributed by atoms with Gasteiger partial charge in [-0.3, -0.25) is 4.72 Å². The molecule has 7 nitrogen and oxygen atoms in total. The number of hydrogen-bond donors (Lipinski definition) is 2. The second kappa shape index (κ2) is 4.97. The molecule has 2 aromatic rings. The van der Waals surface area contributed by atoms with Gasteiger partial charge in [-0.25, -0.2) is 8.42 Å². The van der Waals surface area contributed by atoms with E-state index in [-0.39, 0.29) is 29.8 Å². The van der Waals surface area contributed by atoms with Crippen molar-refractivity contribution in [1.29, 1.82) is 0 Å². The van der Waals surface area contributed by atoms with Gasteiger partial charge in [-0.05, 0) is 19.1 Å². The third-order valence-corrected chi connectivity index (χ3v) is 4.48. The quantitative estimate of drug-likeness (QED) is 0.890. The van der Waals surface area contributed by atoms with Crippen molar-refractivity contribution in [3.05, 3.63) is 35.8 Å². The highest BCUT2D eigenvalue weighted by Crippen LogP contribution is 2.35. The zero-order valence-corrected chi connectivity index (χ0v) is 11.9. The second-order valence-corrected chi connectivity index (χ2v) is 6.12. The van der Waals surface area contributed by atoms with Crippen molar-refractivity contribution < 1.29 is 27.4 Å². The van der Waals surface area contributed by atoms with E-state index in [2.05, 4.69) is 4.72 Å². The number of sulfonamides is 1. The summed E-state index contributed by atoms with van der Waals surface area (Å²) in [6.45, 7) is 1.28. The molecule has 0 unspecified atom stereocenters. The fraction of sp³-hybridized carbons (Fsp3) is 0.231. The van der Waals surface area contributed by atoms with E-state index in [0.29, 0.717) is 17.2 Å². The van der Waals surface area contributed by atoms with Gasteiger partial charge < -0.3 is 19.0 Å². The number of nitrogens with one attached hydrogen (secondary N) is 1. The van der Waals surface area contributed by atoms with Crippen LogP contribution in [0.5, 0.6) is 11.5 Å². The maximum atomic E-state index is 12.3. The Morgan fingerprint density at radius 3 is 2.71 bits per heavy atom. The van der Waals surface area contributed by atoms with Crippen LogP contribution >= 0.6 is 0 Å². The molecule has 2 N–H and O–H groups in total. The number of furan rings is 1. The summed E-state index contributed by atoms with van der Waals surface area (Å²) in [6, 6.07) is 6.04. The predicted octanol–water partition coefficient (Wildman–Crippen LogP) is 1.61. The van der Waals surface area contributed by atoms with Gasteiger partial charge in [0.2, 0.25) is 6.79 Å². The average Bonchev–Trinajstić information content (AvgIpc) is 3.04. The zero-order chi connectivity index (χ0) is 15.0. The van der Waals surface area contributed by atoms with Gasteiger partial charge >= 0.3 is 0 Å². The predicted molar refractivity (Wildman–Crippen MR) is 72.7 cm³/mol. The summed E-state index contributed by atoms with van der Waals surface area (Å²) in [4.78, 5) is -0.00998. The van der Waals surface area contributed by atoms with Crippen LogP contribution in [-0.4, -0.2) is 20.3 Å². The topological polar surface area (TPSA) is 98.0 Å². The molecule has 0 amide bonds. The summed E-state index contributed by atoms with van der Waals surface area (Å²) in [5, 5.41) is 9.00. The molecule has 0 fully saturated rings. The van der Waals surface area contributed by atoms with Crippen LogP contribution in [-0.2, 0) is 16.6 Å². The molecule has 2 heterocycles. The van der Waals surface area contributed by atoms with Crippen molar-refractivity contribution in [2.75, 3.05) is 11.5 Å². The van der Waals surface area contributed by atoms with E-state index in [4.69, 9.17) is 19.0 Å². The Morgan fingerprint density at radius 1 is 1.24 bits per heavy atom. The van der Waals surface area contributed by atoms with Gasteiger partial charge in [0.15, 0.2) is 11.5 Å². The fourth-order valence-corrected chi connectivity index (χ4v) is 3.29. The van der Waals surface area contributed by atoms with Gasteiger partial charge in [0.05, 0.1) is 5.69 Å². The lowest BCUT2D eigenvalue weighted by Gasteiger charge is -2.07. The third-order valence-electron chi connectivity index (χ3n) is 2.99. The Hall–Kier alpha value is -2.19. The highest BCUT2D eigenvalue weighted by Gasteiger charge is 2.22. The normalized spacial score (nSPS) is 13.4. The largest absolute Gasteiger partial charge is 0.462 e. The van der Waals surface area contributed by atoms with Gasteiger partial charge in [0.1, 0.15) is 23.0 Å². The maximum Gasteiger partial charge on any atom is 0.265 e. The fourth-order valence-electron chi connectivity index (χ4n) is 2.04. The molecule has 0 spiro atoms. The van der Waals surface area contributed by atoms with Gasteiger partial charge in [-0.2, -0.15) is 0 Å². The first-order valence-corrected chi connectivity index (χ1v) is 7.60. The number of hydrogen-bond acceptors (Lipinski definition) is 6. The Bertz CT molecular complexity index is 780. The van der Waals surface area contributed by atoms with E-state index in [1.165, 1.54) is 13.0 Å². The minimum Gasteiger partial charge on any atom is -0.462 e. The van der Waals surface area contributed by atoms with Crippen LogP contribution in [0.25, 0.3) is 0 Å². The molecule has 0 bridgehead atoms. The van der Waals surface area contributed by atoms with Crippen LogP contribution < -0.4 is 14.2 Å². The van der Waals surface area contributed by atoms with E-state index in [1.807, 2.05) is 0 Å². The molecule has 1 aliphatic heterocycles. The summed E-state index contributed by atoms with van der Waals surface area (Å²) < 4.78 is 42.6. The number of aryl methyl sites for hydroxylation is 1. The lowest BCUT2D eigenvalue weighted by Crippen LogP contribution is -2.13. The van der Waals surface area contributed by atoms with E-state index >= 15 is 0 Å². The molecule has 8 heteroatoms. The van der Waals surface area contributed by atoms with Crippen molar-refractivity contribution in [2.45, 2.75) is 18.4 Å². The lowest BCUT2D eigenvalue weighted by atomic mass is 10.3. The number of aliphatic hydroxyl groups is 1. The lowest BCUT2D eigenvalue weighted by molar-refractivity contribution is 0.174. The first kappa shape index (κ1) is 13.8. The minimum absolute atomic E-state index is 0.00998. The molecule has 0 atom stereocenters. The van der Waals surface area contributed by atoms with E-state index in [9.17, 15) is 8.42 Å². The second-order valence-electron chi connectivity index (χ2n) is 4.46. The Morgan fingerprint density at radius 2 is 2.00 bits per heavy atom. The standard InChI is InChI=1S/C13H13NO6S/c1-8-13(5-10(6-15)20-8)21(16,17)14-9-2-3-11-12(4-9)19-7-18-11/h2-5,14-15H,6-7H2,1H3. The molecule has 0 radical (unpaired) electrons.